The van der Waals surface area contributed by atoms with Crippen molar-refractivity contribution >= 4 is 5.91 Å². The van der Waals surface area contributed by atoms with Crippen molar-refractivity contribution in [2.45, 2.75) is 13.0 Å². The Morgan fingerprint density at radius 3 is 3.00 bits per heavy atom. The number of likely N-dealkylation sites (tertiary alicyclic amines) is 1. The lowest BCUT2D eigenvalue weighted by molar-refractivity contribution is -0.127. The standard InChI is InChI=1S/C10H15N3O2/c14-7-9-5-10(15)13(6-9)4-3-12-2-1-11-8-12/h1-2,8-9,14H,3-7H2. The molecule has 2 heterocycles. The minimum Gasteiger partial charge on any atom is -0.396 e. The van der Waals surface area contributed by atoms with Crippen molar-refractivity contribution in [3.63, 3.8) is 0 Å². The Morgan fingerprint density at radius 1 is 1.53 bits per heavy atom. The normalized spacial score (nSPS) is 21.3. The zero-order chi connectivity index (χ0) is 10.7. The van der Waals surface area contributed by atoms with Crippen LogP contribution in [0.15, 0.2) is 18.7 Å². The molecule has 15 heavy (non-hydrogen) atoms. The van der Waals surface area contributed by atoms with Crippen molar-refractivity contribution in [1.29, 1.82) is 0 Å². The van der Waals surface area contributed by atoms with Gasteiger partial charge in [-0.25, -0.2) is 4.98 Å². The van der Waals surface area contributed by atoms with E-state index in [0.717, 1.165) is 6.54 Å². The van der Waals surface area contributed by atoms with Crippen LogP contribution in [0, 0.1) is 5.92 Å². The van der Waals surface area contributed by atoms with Crippen molar-refractivity contribution in [2.24, 2.45) is 5.92 Å². The molecule has 1 saturated heterocycles. The van der Waals surface area contributed by atoms with Crippen molar-refractivity contribution in [2.75, 3.05) is 19.7 Å². The van der Waals surface area contributed by atoms with Crippen molar-refractivity contribution in [3.8, 4) is 0 Å². The lowest BCUT2D eigenvalue weighted by Crippen LogP contribution is -2.29. The highest BCUT2D eigenvalue weighted by Crippen LogP contribution is 2.16. The van der Waals surface area contributed by atoms with Gasteiger partial charge in [0.05, 0.1) is 6.33 Å². The molecule has 1 fully saturated rings. The smallest absolute Gasteiger partial charge is 0.223 e. The Kier molecular flexibility index (Phi) is 3.01. The van der Waals surface area contributed by atoms with Gasteiger partial charge in [0.25, 0.3) is 0 Å². The number of carbonyl (C=O) groups is 1. The number of aliphatic hydroxyl groups is 1. The summed E-state index contributed by atoms with van der Waals surface area (Å²) in [6.07, 6.45) is 5.83. The van der Waals surface area contributed by atoms with Crippen LogP contribution in [0.4, 0.5) is 0 Å². The molecular weight excluding hydrogens is 194 g/mol. The van der Waals surface area contributed by atoms with E-state index in [-0.39, 0.29) is 18.4 Å². The summed E-state index contributed by atoms with van der Waals surface area (Å²) in [5, 5.41) is 8.96. The van der Waals surface area contributed by atoms with Crippen LogP contribution >= 0.6 is 0 Å². The number of hydrogen-bond donors (Lipinski definition) is 1. The molecule has 0 saturated carbocycles. The maximum absolute atomic E-state index is 11.5. The van der Waals surface area contributed by atoms with Gasteiger partial charge in [0.15, 0.2) is 0 Å². The minimum absolute atomic E-state index is 0.104. The zero-order valence-electron chi connectivity index (χ0n) is 8.54. The summed E-state index contributed by atoms with van der Waals surface area (Å²) in [4.78, 5) is 17.2. The van der Waals surface area contributed by atoms with Gasteiger partial charge in [0.2, 0.25) is 5.91 Å². The topological polar surface area (TPSA) is 58.4 Å². The first-order chi connectivity index (χ1) is 7.29. The highest BCUT2D eigenvalue weighted by atomic mass is 16.3. The summed E-state index contributed by atoms with van der Waals surface area (Å²) in [5.74, 6) is 0.273. The fourth-order valence-corrected chi connectivity index (χ4v) is 1.85. The number of aromatic nitrogens is 2. The number of hydrogen-bond acceptors (Lipinski definition) is 3. The third kappa shape index (κ3) is 2.36. The molecule has 0 radical (unpaired) electrons. The fourth-order valence-electron chi connectivity index (χ4n) is 1.85. The quantitative estimate of drug-likeness (QED) is 0.742. The molecule has 1 amide bonds. The van der Waals surface area contributed by atoms with E-state index in [9.17, 15) is 4.79 Å². The van der Waals surface area contributed by atoms with Gasteiger partial charge in [0, 0.05) is 51.0 Å². The fraction of sp³-hybridized carbons (Fsp3) is 0.600. The molecule has 0 bridgehead atoms. The van der Waals surface area contributed by atoms with Crippen molar-refractivity contribution < 1.29 is 9.90 Å². The van der Waals surface area contributed by atoms with Crippen LogP contribution in [0.5, 0.6) is 0 Å². The predicted octanol–water partition coefficient (Wildman–Crippen LogP) is -0.276. The molecule has 0 aromatic carbocycles. The van der Waals surface area contributed by atoms with E-state index in [2.05, 4.69) is 4.98 Å². The van der Waals surface area contributed by atoms with Gasteiger partial charge in [-0.15, -0.1) is 0 Å². The highest BCUT2D eigenvalue weighted by Gasteiger charge is 2.28. The van der Waals surface area contributed by atoms with Gasteiger partial charge in [-0.3, -0.25) is 4.79 Å². The number of amides is 1. The van der Waals surface area contributed by atoms with Crippen molar-refractivity contribution in [1.82, 2.24) is 14.5 Å². The molecule has 1 aliphatic rings. The molecule has 0 aliphatic carbocycles. The molecule has 1 aromatic rings. The Bertz CT molecular complexity index is 323. The number of nitrogens with zero attached hydrogens (tertiary/aromatic N) is 3. The van der Waals surface area contributed by atoms with Crippen LogP contribution in [-0.4, -0.2) is 45.2 Å². The third-order valence-electron chi connectivity index (χ3n) is 2.74. The van der Waals surface area contributed by atoms with E-state index in [1.165, 1.54) is 0 Å². The van der Waals surface area contributed by atoms with E-state index in [1.807, 2.05) is 10.8 Å². The summed E-state index contributed by atoms with van der Waals surface area (Å²) >= 11 is 0. The molecule has 5 heteroatoms. The van der Waals surface area contributed by atoms with Gasteiger partial charge in [-0.2, -0.15) is 0 Å². The predicted molar refractivity (Wildman–Crippen MR) is 54.0 cm³/mol. The van der Waals surface area contributed by atoms with E-state index < -0.39 is 0 Å². The first kappa shape index (κ1) is 10.2. The molecule has 1 unspecified atom stereocenters. The Balaban J connectivity index is 1.83. The maximum Gasteiger partial charge on any atom is 0.223 e. The number of carbonyl (C=O) groups excluding carboxylic acids is 1. The van der Waals surface area contributed by atoms with Crippen molar-refractivity contribution in [3.05, 3.63) is 18.7 Å². The first-order valence-corrected chi connectivity index (χ1v) is 5.14. The average Bonchev–Trinajstić information content (AvgIpc) is 2.84. The molecule has 0 spiro atoms. The number of rotatable bonds is 4. The van der Waals surface area contributed by atoms with E-state index in [0.29, 0.717) is 19.5 Å². The summed E-state index contributed by atoms with van der Waals surface area (Å²) in [5.41, 5.74) is 0. The van der Waals surface area contributed by atoms with Crippen LogP contribution in [-0.2, 0) is 11.3 Å². The summed E-state index contributed by atoms with van der Waals surface area (Å²) < 4.78 is 1.94. The molecule has 5 nitrogen and oxygen atoms in total. The Labute approximate surface area is 88.3 Å². The number of aliphatic hydroxyl groups excluding tert-OH is 1. The third-order valence-corrected chi connectivity index (χ3v) is 2.74. The van der Waals surface area contributed by atoms with Gasteiger partial charge in [-0.1, -0.05) is 0 Å². The molecule has 1 N–H and O–H groups in total. The molecule has 2 rings (SSSR count). The maximum atomic E-state index is 11.5. The summed E-state index contributed by atoms with van der Waals surface area (Å²) in [7, 11) is 0. The zero-order valence-corrected chi connectivity index (χ0v) is 8.54. The summed E-state index contributed by atoms with van der Waals surface area (Å²) in [6, 6.07) is 0. The van der Waals surface area contributed by atoms with E-state index in [1.54, 1.807) is 17.4 Å². The first-order valence-electron chi connectivity index (χ1n) is 5.14. The van der Waals surface area contributed by atoms with E-state index in [4.69, 9.17) is 5.11 Å². The van der Waals surface area contributed by atoms with Crippen LogP contribution in [0.2, 0.25) is 0 Å². The van der Waals surface area contributed by atoms with Gasteiger partial charge < -0.3 is 14.6 Å². The van der Waals surface area contributed by atoms with Gasteiger partial charge >= 0.3 is 0 Å². The second-order valence-electron chi connectivity index (χ2n) is 3.89. The van der Waals surface area contributed by atoms with Gasteiger partial charge in [0.1, 0.15) is 0 Å². The second kappa shape index (κ2) is 4.44. The second-order valence-corrected chi connectivity index (χ2v) is 3.89. The van der Waals surface area contributed by atoms with Crippen LogP contribution in [0.25, 0.3) is 0 Å². The highest BCUT2D eigenvalue weighted by molar-refractivity contribution is 5.78. The SMILES string of the molecule is O=C1CC(CO)CN1CCn1ccnc1. The molecule has 1 aliphatic heterocycles. The monoisotopic (exact) mass is 209 g/mol. The lowest BCUT2D eigenvalue weighted by atomic mass is 10.1. The van der Waals surface area contributed by atoms with Crippen LogP contribution in [0.3, 0.4) is 0 Å². The summed E-state index contributed by atoms with van der Waals surface area (Å²) in [6.45, 7) is 2.26. The molecule has 1 aromatic heterocycles. The molecular formula is C10H15N3O2. The van der Waals surface area contributed by atoms with E-state index >= 15 is 0 Å². The largest absolute Gasteiger partial charge is 0.396 e. The molecule has 1 atom stereocenters. The van der Waals surface area contributed by atoms with Crippen LogP contribution in [0.1, 0.15) is 6.42 Å². The lowest BCUT2D eigenvalue weighted by Gasteiger charge is -2.16. The van der Waals surface area contributed by atoms with Gasteiger partial charge in [-0.05, 0) is 0 Å². The Morgan fingerprint density at radius 2 is 2.40 bits per heavy atom. The van der Waals surface area contributed by atoms with Crippen LogP contribution < -0.4 is 0 Å². The minimum atomic E-state index is 0.104. The number of imidazole rings is 1. The molecule has 82 valence electrons. The Hall–Kier alpha value is -1.36. The average molecular weight is 209 g/mol.